The van der Waals surface area contributed by atoms with E-state index in [1.54, 1.807) is 62.3 Å². The summed E-state index contributed by atoms with van der Waals surface area (Å²) in [7, 11) is 1.69. The Morgan fingerprint density at radius 2 is 1.77 bits per heavy atom. The van der Waals surface area contributed by atoms with Crippen molar-refractivity contribution in [3.05, 3.63) is 42.1 Å². The van der Waals surface area contributed by atoms with Gasteiger partial charge in [0.25, 0.3) is 0 Å². The molecule has 2 heterocycles. The second-order valence-corrected chi connectivity index (χ2v) is 9.34. The number of nitrogens with zero attached hydrogens (tertiary/aromatic N) is 4. The number of carbonyl (C=O) groups excluding carboxylic acids is 3. The Balaban J connectivity index is 1.59. The first-order chi connectivity index (χ1) is 16.6. The zero-order valence-corrected chi connectivity index (χ0v) is 20.6. The third-order valence-electron chi connectivity index (χ3n) is 6.13. The predicted octanol–water partition coefficient (Wildman–Crippen LogP) is -0.839. The summed E-state index contributed by atoms with van der Waals surface area (Å²) in [5.74, 6) is 0.407. The molecule has 6 N–H and O–H groups in total. The van der Waals surface area contributed by atoms with E-state index >= 15 is 0 Å². The van der Waals surface area contributed by atoms with Gasteiger partial charge >= 0.3 is 0 Å². The molecule has 11 nitrogen and oxygen atoms in total. The first-order valence-corrected chi connectivity index (χ1v) is 11.7. The Hall–Kier alpha value is -3.28. The summed E-state index contributed by atoms with van der Waals surface area (Å²) in [6.07, 6.45) is 4.11. The molecule has 190 valence electrons. The zero-order valence-electron chi connectivity index (χ0n) is 20.6. The summed E-state index contributed by atoms with van der Waals surface area (Å²) >= 11 is 0. The van der Waals surface area contributed by atoms with E-state index < -0.39 is 11.6 Å². The molecule has 0 bridgehead atoms. The number of rotatable bonds is 8. The van der Waals surface area contributed by atoms with E-state index in [2.05, 4.69) is 20.5 Å². The predicted molar refractivity (Wildman–Crippen MR) is 136 cm³/mol. The fourth-order valence-corrected chi connectivity index (χ4v) is 3.88. The molecule has 2 saturated heterocycles. The monoisotopic (exact) mass is 484 g/mol. The van der Waals surface area contributed by atoms with Crippen molar-refractivity contribution in [3.8, 4) is 0 Å². The molecule has 0 aliphatic carbocycles. The molecular formula is C24H36N8O3. The molecule has 0 aromatic heterocycles. The number of aliphatic imine (C=N–C) groups is 1. The third-order valence-corrected chi connectivity index (χ3v) is 6.13. The van der Waals surface area contributed by atoms with Gasteiger partial charge in [-0.15, -0.1) is 0 Å². The van der Waals surface area contributed by atoms with Crippen LogP contribution in [0.4, 0.5) is 5.69 Å². The van der Waals surface area contributed by atoms with Crippen molar-refractivity contribution in [2.75, 3.05) is 51.2 Å². The van der Waals surface area contributed by atoms with Gasteiger partial charge in [-0.2, -0.15) is 0 Å². The maximum atomic E-state index is 12.4. The SMILES string of the molecule is C/N=C(\C=C/N(C=O)c1ccc(C(N)C(=O)NC2CNC2)cc1)N1CCN(C(=O)C(C)(C)N)CC1. The van der Waals surface area contributed by atoms with Crippen molar-refractivity contribution in [2.24, 2.45) is 16.5 Å². The second kappa shape index (κ2) is 11.4. The normalized spacial score (nSPS) is 18.3. The van der Waals surface area contributed by atoms with Crippen molar-refractivity contribution in [2.45, 2.75) is 31.5 Å². The number of benzene rings is 1. The van der Waals surface area contributed by atoms with Crippen molar-refractivity contribution in [1.29, 1.82) is 0 Å². The van der Waals surface area contributed by atoms with Crippen LogP contribution in [0.5, 0.6) is 0 Å². The number of amides is 3. The topological polar surface area (TPSA) is 149 Å². The lowest BCUT2D eigenvalue weighted by atomic mass is 10.0. The minimum Gasteiger partial charge on any atom is -0.353 e. The maximum Gasteiger partial charge on any atom is 0.242 e. The summed E-state index contributed by atoms with van der Waals surface area (Å²) in [5.41, 5.74) is 12.4. The second-order valence-electron chi connectivity index (χ2n) is 9.34. The van der Waals surface area contributed by atoms with Crippen LogP contribution in [0.2, 0.25) is 0 Å². The smallest absolute Gasteiger partial charge is 0.242 e. The molecule has 11 heteroatoms. The zero-order chi connectivity index (χ0) is 25.6. The highest BCUT2D eigenvalue weighted by Crippen LogP contribution is 2.19. The molecule has 0 radical (unpaired) electrons. The lowest BCUT2D eigenvalue weighted by Gasteiger charge is -2.38. The third kappa shape index (κ3) is 6.65. The van der Waals surface area contributed by atoms with Gasteiger partial charge < -0.3 is 31.9 Å². The summed E-state index contributed by atoms with van der Waals surface area (Å²) < 4.78 is 0. The number of amidine groups is 1. The van der Waals surface area contributed by atoms with E-state index in [1.165, 1.54) is 4.90 Å². The molecule has 1 atom stereocenters. The Kier molecular flexibility index (Phi) is 8.60. The lowest BCUT2D eigenvalue weighted by Crippen LogP contribution is -2.58. The molecule has 0 spiro atoms. The number of piperazine rings is 1. The van der Waals surface area contributed by atoms with Crippen LogP contribution >= 0.6 is 0 Å². The van der Waals surface area contributed by atoms with Crippen LogP contribution in [0.15, 0.2) is 41.5 Å². The number of hydrogen-bond donors (Lipinski definition) is 4. The van der Waals surface area contributed by atoms with Gasteiger partial charge in [0.2, 0.25) is 18.2 Å². The summed E-state index contributed by atoms with van der Waals surface area (Å²) in [4.78, 5) is 46.1. The van der Waals surface area contributed by atoms with Crippen molar-refractivity contribution < 1.29 is 14.4 Å². The first-order valence-electron chi connectivity index (χ1n) is 11.7. The highest BCUT2D eigenvalue weighted by Gasteiger charge is 2.30. The minimum absolute atomic E-state index is 0.0736. The van der Waals surface area contributed by atoms with Crippen LogP contribution in [0, 0.1) is 0 Å². The highest BCUT2D eigenvalue weighted by molar-refractivity contribution is 5.94. The van der Waals surface area contributed by atoms with Gasteiger partial charge in [-0.25, -0.2) is 0 Å². The first kappa shape index (κ1) is 26.3. The Morgan fingerprint density at radius 1 is 1.17 bits per heavy atom. The molecule has 1 unspecified atom stereocenters. The fourth-order valence-electron chi connectivity index (χ4n) is 3.88. The number of nitrogens with two attached hydrogens (primary N) is 2. The Labute approximate surface area is 206 Å². The van der Waals surface area contributed by atoms with E-state index in [0.717, 1.165) is 13.1 Å². The lowest BCUT2D eigenvalue weighted by molar-refractivity contribution is -0.137. The average molecular weight is 485 g/mol. The van der Waals surface area contributed by atoms with Crippen LogP contribution in [0.1, 0.15) is 25.5 Å². The number of hydrogen-bond acceptors (Lipinski definition) is 7. The van der Waals surface area contributed by atoms with E-state index in [-0.39, 0.29) is 17.9 Å². The quantitative estimate of drug-likeness (QED) is 0.213. The van der Waals surface area contributed by atoms with Crippen LogP contribution in [-0.4, -0.2) is 91.8 Å². The molecule has 2 aliphatic rings. The van der Waals surface area contributed by atoms with Crippen molar-refractivity contribution >= 4 is 29.7 Å². The number of carbonyl (C=O) groups is 3. The van der Waals surface area contributed by atoms with Crippen LogP contribution < -0.4 is 27.0 Å². The van der Waals surface area contributed by atoms with Crippen LogP contribution in [0.25, 0.3) is 0 Å². The van der Waals surface area contributed by atoms with Gasteiger partial charge in [-0.05, 0) is 37.6 Å². The van der Waals surface area contributed by atoms with Crippen LogP contribution in [0.3, 0.4) is 0 Å². The van der Waals surface area contributed by atoms with Gasteiger partial charge in [0.15, 0.2) is 0 Å². The average Bonchev–Trinajstić information content (AvgIpc) is 2.83. The molecule has 1 aromatic carbocycles. The summed E-state index contributed by atoms with van der Waals surface area (Å²) in [6.45, 7) is 7.25. The Bertz CT molecular complexity index is 958. The van der Waals surface area contributed by atoms with Gasteiger partial charge in [-0.3, -0.25) is 24.3 Å². The fraction of sp³-hybridized carbons (Fsp3) is 0.500. The maximum absolute atomic E-state index is 12.4. The van der Waals surface area contributed by atoms with Gasteiger partial charge in [-0.1, -0.05) is 12.1 Å². The molecular weight excluding hydrogens is 448 g/mol. The summed E-state index contributed by atoms with van der Waals surface area (Å²) in [5, 5.41) is 6.00. The van der Waals surface area contributed by atoms with Crippen molar-refractivity contribution in [1.82, 2.24) is 20.4 Å². The van der Waals surface area contributed by atoms with Gasteiger partial charge in [0.05, 0.1) is 11.6 Å². The summed E-state index contributed by atoms with van der Waals surface area (Å²) in [6, 6.07) is 6.31. The van der Waals surface area contributed by atoms with E-state index in [0.29, 0.717) is 49.7 Å². The molecule has 0 saturated carbocycles. The standard InChI is InChI=1S/C24H36N8O3/c1-24(2,26)23(35)31-12-10-30(11-13-31)20(27-3)8-9-32(16-33)19-6-4-17(5-7-19)21(25)22(34)29-18-14-28-15-18/h4-9,16,18,21,28H,10-15,25-26H2,1-3H3,(H,29,34)/b9-8-,27-20+. The minimum atomic E-state index is -0.897. The van der Waals surface area contributed by atoms with Crippen LogP contribution in [-0.2, 0) is 14.4 Å². The highest BCUT2D eigenvalue weighted by atomic mass is 16.2. The molecule has 2 aliphatic heterocycles. The van der Waals surface area contributed by atoms with E-state index in [1.807, 2.05) is 0 Å². The van der Waals surface area contributed by atoms with Gasteiger partial charge in [0, 0.05) is 58.2 Å². The van der Waals surface area contributed by atoms with E-state index in [4.69, 9.17) is 11.5 Å². The molecule has 2 fully saturated rings. The largest absolute Gasteiger partial charge is 0.353 e. The molecule has 3 amide bonds. The number of anilines is 1. The van der Waals surface area contributed by atoms with E-state index in [9.17, 15) is 14.4 Å². The van der Waals surface area contributed by atoms with Crippen molar-refractivity contribution in [3.63, 3.8) is 0 Å². The van der Waals surface area contributed by atoms with Gasteiger partial charge in [0.1, 0.15) is 11.9 Å². The molecule has 3 rings (SSSR count). The Morgan fingerprint density at radius 3 is 2.26 bits per heavy atom. The number of nitrogens with one attached hydrogen (secondary N) is 2. The molecule has 35 heavy (non-hydrogen) atoms. The molecule has 1 aromatic rings.